The van der Waals surface area contributed by atoms with Crippen LogP contribution in [0.5, 0.6) is 0 Å². The number of nitrogens with two attached hydrogens (primary N) is 1. The topological polar surface area (TPSA) is 113 Å². The molecule has 0 heterocycles. The summed E-state index contributed by atoms with van der Waals surface area (Å²) >= 11 is 0. The first kappa shape index (κ1) is 34.9. The monoisotopic (exact) mass is 569 g/mol. The highest BCUT2D eigenvalue weighted by atomic mass is 28.5. The maximum Gasteiger partial charge on any atom is 0.500 e. The minimum atomic E-state index is -2.65. The standard InChI is InChI=1S/C22H55N3O6Si4/c1-10-27-35(28-11-2,29-12-3)21-15-18-25-22(26)24-17-14-20-33(6,7)31-34(8,9)30-32(4,5)19-13-16-23/h10-21,23H2,1-9H3,(H2,24,25,26). The quantitative estimate of drug-likeness (QED) is 0.137. The van der Waals surface area contributed by atoms with Crippen LogP contribution < -0.4 is 16.4 Å². The number of amides is 2. The molecule has 0 aliphatic carbocycles. The van der Waals surface area contributed by atoms with Gasteiger partial charge in [0.2, 0.25) is 0 Å². The van der Waals surface area contributed by atoms with Gasteiger partial charge in [0, 0.05) is 39.0 Å². The summed E-state index contributed by atoms with van der Waals surface area (Å²) in [7, 11) is -8.51. The molecule has 0 spiro atoms. The third kappa shape index (κ3) is 17.1. The van der Waals surface area contributed by atoms with Gasteiger partial charge in [-0.3, -0.25) is 0 Å². The molecule has 0 fully saturated rings. The number of nitrogens with one attached hydrogen (secondary N) is 2. The Hall–Kier alpha value is -0.102. The molecule has 35 heavy (non-hydrogen) atoms. The van der Waals surface area contributed by atoms with Crippen LogP contribution in [0.25, 0.3) is 0 Å². The van der Waals surface area contributed by atoms with Gasteiger partial charge < -0.3 is 37.9 Å². The Morgan fingerprint density at radius 3 is 1.49 bits per heavy atom. The summed E-state index contributed by atoms with van der Waals surface area (Å²) in [6.07, 6.45) is 2.64. The molecule has 0 aliphatic heterocycles. The van der Waals surface area contributed by atoms with Crippen LogP contribution >= 0.6 is 0 Å². The zero-order valence-electron chi connectivity index (χ0n) is 24.0. The van der Waals surface area contributed by atoms with E-state index in [1.807, 2.05) is 20.8 Å². The van der Waals surface area contributed by atoms with Gasteiger partial charge in [0.25, 0.3) is 0 Å². The molecular weight excluding hydrogens is 515 g/mol. The van der Waals surface area contributed by atoms with Crippen LogP contribution in [-0.2, 0) is 21.5 Å². The highest BCUT2D eigenvalue weighted by Gasteiger charge is 2.40. The van der Waals surface area contributed by atoms with Crippen LogP contribution in [0.15, 0.2) is 0 Å². The van der Waals surface area contributed by atoms with Gasteiger partial charge in [0.15, 0.2) is 16.6 Å². The lowest BCUT2D eigenvalue weighted by Gasteiger charge is -2.38. The van der Waals surface area contributed by atoms with E-state index in [4.69, 9.17) is 27.2 Å². The van der Waals surface area contributed by atoms with E-state index in [9.17, 15) is 4.79 Å². The van der Waals surface area contributed by atoms with E-state index >= 15 is 0 Å². The largest absolute Gasteiger partial charge is 0.500 e. The van der Waals surface area contributed by atoms with E-state index in [1.165, 1.54) is 0 Å². The Balaban J connectivity index is 4.33. The summed E-state index contributed by atoms with van der Waals surface area (Å²) in [5.74, 6) is 0. The molecule has 0 aromatic rings. The molecule has 210 valence electrons. The number of rotatable bonds is 21. The molecular formula is C22H55N3O6Si4. The number of hydrogen-bond donors (Lipinski definition) is 3. The number of carbonyl (C=O) groups excluding carboxylic acids is 1. The Labute approximate surface area is 219 Å². The Bertz CT molecular complexity index is 568. The molecule has 0 saturated heterocycles. The van der Waals surface area contributed by atoms with E-state index in [1.54, 1.807) is 0 Å². The molecule has 0 aliphatic rings. The van der Waals surface area contributed by atoms with E-state index in [0.717, 1.165) is 31.4 Å². The molecule has 0 saturated carbocycles. The lowest BCUT2D eigenvalue weighted by atomic mass is 10.4. The molecule has 0 rings (SSSR count). The van der Waals surface area contributed by atoms with Crippen molar-refractivity contribution in [2.45, 2.75) is 97.4 Å². The molecule has 2 amide bonds. The highest BCUT2D eigenvalue weighted by Crippen LogP contribution is 2.25. The average molecular weight is 570 g/mol. The molecule has 13 heteroatoms. The van der Waals surface area contributed by atoms with Crippen LogP contribution in [0.3, 0.4) is 0 Å². The van der Waals surface area contributed by atoms with Crippen molar-refractivity contribution in [3.63, 3.8) is 0 Å². The van der Waals surface area contributed by atoms with Gasteiger partial charge in [-0.05, 0) is 97.9 Å². The van der Waals surface area contributed by atoms with Crippen LogP contribution in [0.4, 0.5) is 4.79 Å². The van der Waals surface area contributed by atoms with Gasteiger partial charge in [-0.2, -0.15) is 0 Å². The first-order valence-electron chi connectivity index (χ1n) is 13.3. The third-order valence-electron chi connectivity index (χ3n) is 5.31. The lowest BCUT2D eigenvalue weighted by molar-refractivity contribution is 0.0708. The highest BCUT2D eigenvalue weighted by molar-refractivity contribution is 6.87. The van der Waals surface area contributed by atoms with Crippen LogP contribution in [-0.4, -0.2) is 79.5 Å². The molecule has 0 aromatic carbocycles. The predicted octanol–water partition coefficient (Wildman–Crippen LogP) is 4.61. The fourth-order valence-corrected chi connectivity index (χ4v) is 21.0. The Morgan fingerprint density at radius 2 is 1.09 bits per heavy atom. The predicted molar refractivity (Wildman–Crippen MR) is 154 cm³/mol. The average Bonchev–Trinajstić information content (AvgIpc) is 2.72. The molecule has 0 atom stereocenters. The van der Waals surface area contributed by atoms with E-state index < -0.39 is 34.0 Å². The number of urea groups is 1. The van der Waals surface area contributed by atoms with Crippen molar-refractivity contribution in [1.82, 2.24) is 10.6 Å². The zero-order chi connectivity index (χ0) is 27.0. The fraction of sp³-hybridized carbons (Fsp3) is 0.955. The van der Waals surface area contributed by atoms with Crippen LogP contribution in [0.1, 0.15) is 40.0 Å². The minimum Gasteiger partial charge on any atom is -0.437 e. The van der Waals surface area contributed by atoms with Crippen molar-refractivity contribution in [2.75, 3.05) is 39.5 Å². The van der Waals surface area contributed by atoms with Crippen molar-refractivity contribution < 1.29 is 26.3 Å². The Morgan fingerprint density at radius 1 is 0.686 bits per heavy atom. The maximum atomic E-state index is 12.2. The number of hydrogen-bond acceptors (Lipinski definition) is 7. The minimum absolute atomic E-state index is 0.146. The summed E-state index contributed by atoms with van der Waals surface area (Å²) in [6, 6.07) is 2.58. The second-order valence-electron chi connectivity index (χ2n) is 10.4. The Kier molecular flexibility index (Phi) is 17.4. The van der Waals surface area contributed by atoms with Gasteiger partial charge in [-0.15, -0.1) is 0 Å². The van der Waals surface area contributed by atoms with Crippen molar-refractivity contribution in [2.24, 2.45) is 5.73 Å². The van der Waals surface area contributed by atoms with E-state index in [2.05, 4.69) is 49.9 Å². The van der Waals surface area contributed by atoms with Gasteiger partial charge >= 0.3 is 23.4 Å². The van der Waals surface area contributed by atoms with E-state index in [0.29, 0.717) is 45.5 Å². The van der Waals surface area contributed by atoms with Crippen LogP contribution in [0, 0.1) is 0 Å². The van der Waals surface area contributed by atoms with Crippen molar-refractivity contribution >= 4 is 40.0 Å². The molecule has 0 radical (unpaired) electrons. The first-order valence-corrected chi connectivity index (χ1v) is 24.3. The fourth-order valence-electron chi connectivity index (χ4n) is 4.27. The molecule has 0 bridgehead atoms. The molecule has 9 nitrogen and oxygen atoms in total. The normalized spacial score (nSPS) is 13.2. The second kappa shape index (κ2) is 17.4. The van der Waals surface area contributed by atoms with Gasteiger partial charge in [0.05, 0.1) is 0 Å². The van der Waals surface area contributed by atoms with Crippen molar-refractivity contribution in [3.05, 3.63) is 0 Å². The van der Waals surface area contributed by atoms with Crippen LogP contribution in [0.2, 0.25) is 57.4 Å². The van der Waals surface area contributed by atoms with Gasteiger partial charge in [-0.25, -0.2) is 4.79 Å². The van der Waals surface area contributed by atoms with Crippen molar-refractivity contribution in [3.8, 4) is 0 Å². The summed E-state index contributed by atoms with van der Waals surface area (Å²) in [6.45, 7) is 22.7. The number of carbonyl (C=O) groups is 1. The summed E-state index contributed by atoms with van der Waals surface area (Å²) in [5, 5.41) is 5.89. The molecule has 0 unspecified atom stereocenters. The maximum absolute atomic E-state index is 12.2. The van der Waals surface area contributed by atoms with E-state index in [-0.39, 0.29) is 6.03 Å². The zero-order valence-corrected chi connectivity index (χ0v) is 28.0. The SMILES string of the molecule is CCO[Si](CCCNC(=O)NCCC[Si](C)(C)O[Si](C)(C)O[Si](C)(C)CCCN)(OCC)OCC. The smallest absolute Gasteiger partial charge is 0.437 e. The summed E-state index contributed by atoms with van der Waals surface area (Å²) < 4.78 is 30.8. The molecule has 4 N–H and O–H groups in total. The van der Waals surface area contributed by atoms with Gasteiger partial charge in [0.1, 0.15) is 0 Å². The second-order valence-corrected chi connectivity index (χ2v) is 25.6. The van der Waals surface area contributed by atoms with Gasteiger partial charge in [-0.1, -0.05) is 0 Å². The third-order valence-corrected chi connectivity index (χ3v) is 19.9. The first-order chi connectivity index (χ1) is 16.3. The van der Waals surface area contributed by atoms with Crippen molar-refractivity contribution in [1.29, 1.82) is 0 Å². The lowest BCUT2D eigenvalue weighted by Crippen LogP contribution is -2.52. The summed E-state index contributed by atoms with van der Waals surface area (Å²) in [5.41, 5.74) is 5.68. The summed E-state index contributed by atoms with van der Waals surface area (Å²) in [4.78, 5) is 12.2. The molecule has 0 aromatic heterocycles.